The van der Waals surface area contributed by atoms with E-state index in [9.17, 15) is 35.4 Å². The minimum atomic E-state index is -1.62. The van der Waals surface area contributed by atoms with E-state index in [1.54, 1.807) is 20.8 Å². The molecule has 2 rings (SSSR count). The van der Waals surface area contributed by atoms with Gasteiger partial charge in [0, 0.05) is 0 Å². The second-order valence-corrected chi connectivity index (χ2v) is 10.5. The van der Waals surface area contributed by atoms with Crippen LogP contribution in [0.15, 0.2) is 0 Å². The maximum atomic E-state index is 10.8. The second-order valence-electron chi connectivity index (χ2n) is 10.5. The van der Waals surface area contributed by atoms with Gasteiger partial charge >= 0.3 is 5.97 Å². The summed E-state index contributed by atoms with van der Waals surface area (Å²) < 4.78 is 10.8. The van der Waals surface area contributed by atoms with Crippen LogP contribution in [0, 0.1) is 10.8 Å². The number of hydrogen-bond donors (Lipinski definition) is 7. The highest BCUT2D eigenvalue weighted by atomic mass is 16.6. The fourth-order valence-electron chi connectivity index (χ4n) is 3.80. The van der Waals surface area contributed by atoms with Gasteiger partial charge in [-0.2, -0.15) is 0 Å². The van der Waals surface area contributed by atoms with Crippen LogP contribution in [-0.2, 0) is 14.3 Å². The summed E-state index contributed by atoms with van der Waals surface area (Å²) in [6, 6.07) is 0. The van der Waals surface area contributed by atoms with E-state index in [1.165, 1.54) is 0 Å². The first-order valence-corrected chi connectivity index (χ1v) is 10.6. The molecule has 0 aliphatic carbocycles. The molecule has 2 fully saturated rings. The molecule has 10 atom stereocenters. The molecule has 2 saturated heterocycles. The van der Waals surface area contributed by atoms with Crippen molar-refractivity contribution in [1.82, 2.24) is 0 Å². The van der Waals surface area contributed by atoms with Gasteiger partial charge in [-0.25, -0.2) is 4.79 Å². The van der Waals surface area contributed by atoms with Gasteiger partial charge in [-0.1, -0.05) is 48.5 Å². The van der Waals surface area contributed by atoms with Crippen LogP contribution in [0.25, 0.3) is 0 Å². The van der Waals surface area contributed by atoms with E-state index in [-0.39, 0.29) is 5.41 Å². The van der Waals surface area contributed by atoms with Crippen molar-refractivity contribution in [2.45, 2.75) is 116 Å². The van der Waals surface area contributed by atoms with Crippen molar-refractivity contribution in [3.8, 4) is 0 Å². The van der Waals surface area contributed by atoms with Crippen LogP contribution >= 0.6 is 0 Å². The van der Waals surface area contributed by atoms with E-state index in [2.05, 4.69) is 0 Å². The molecule has 2 heterocycles. The molecule has 10 unspecified atom stereocenters. The van der Waals surface area contributed by atoms with Crippen molar-refractivity contribution >= 4 is 5.97 Å². The van der Waals surface area contributed by atoms with E-state index < -0.39 is 72.4 Å². The average molecular weight is 453 g/mol. The quantitative estimate of drug-likeness (QED) is 0.282. The van der Waals surface area contributed by atoms with E-state index in [4.69, 9.17) is 14.6 Å². The number of ether oxygens (including phenoxy) is 2. The highest BCUT2D eigenvalue weighted by Crippen LogP contribution is 2.34. The molecule has 2 aliphatic rings. The predicted molar refractivity (Wildman–Crippen MR) is 110 cm³/mol. The number of aliphatic hydroxyl groups excluding tert-OH is 6. The van der Waals surface area contributed by atoms with Crippen molar-refractivity contribution in [2.24, 2.45) is 10.8 Å². The van der Waals surface area contributed by atoms with Crippen LogP contribution in [0.1, 0.15) is 54.9 Å². The molecule has 0 amide bonds. The Morgan fingerprint density at radius 2 is 1.06 bits per heavy atom. The fraction of sp³-hybridized carbons (Fsp3) is 0.952. The molecule has 0 aromatic rings. The Labute approximate surface area is 183 Å². The van der Waals surface area contributed by atoms with Gasteiger partial charge in [0.25, 0.3) is 0 Å². The van der Waals surface area contributed by atoms with Crippen LogP contribution in [0.5, 0.6) is 0 Å². The minimum absolute atomic E-state index is 0.256. The first-order chi connectivity index (χ1) is 13.9. The van der Waals surface area contributed by atoms with Gasteiger partial charge in [-0.15, -0.1) is 0 Å². The van der Waals surface area contributed by atoms with Crippen molar-refractivity contribution in [2.75, 3.05) is 0 Å². The van der Waals surface area contributed by atoms with Gasteiger partial charge in [-0.05, 0) is 17.3 Å². The lowest BCUT2D eigenvalue weighted by molar-refractivity contribution is -0.246. The second kappa shape index (κ2) is 10.4. The number of aliphatic carboxylic acids is 1. The Bertz CT molecular complexity index is 582. The predicted octanol–water partition coefficient (Wildman–Crippen LogP) is -0.740. The zero-order valence-corrected chi connectivity index (χ0v) is 19.3. The first-order valence-electron chi connectivity index (χ1n) is 10.6. The lowest BCUT2D eigenvalue weighted by Crippen LogP contribution is -2.62. The minimum Gasteiger partial charge on any atom is -0.479 e. The van der Waals surface area contributed by atoms with Crippen molar-refractivity contribution in [3.05, 3.63) is 0 Å². The summed E-state index contributed by atoms with van der Waals surface area (Å²) in [5, 5.41) is 66.7. The summed E-state index contributed by atoms with van der Waals surface area (Å²) in [7, 11) is 0. The van der Waals surface area contributed by atoms with Crippen molar-refractivity contribution in [1.29, 1.82) is 0 Å². The van der Waals surface area contributed by atoms with E-state index >= 15 is 0 Å². The zero-order valence-electron chi connectivity index (χ0n) is 19.3. The van der Waals surface area contributed by atoms with Gasteiger partial charge in [-0.3, -0.25) is 0 Å². The molecule has 0 spiro atoms. The van der Waals surface area contributed by atoms with Crippen molar-refractivity contribution in [3.63, 3.8) is 0 Å². The summed E-state index contributed by atoms with van der Waals surface area (Å²) in [5.41, 5.74) is -0.789. The molecule has 7 N–H and O–H groups in total. The van der Waals surface area contributed by atoms with Gasteiger partial charge < -0.3 is 45.2 Å². The maximum Gasteiger partial charge on any atom is 0.335 e. The third-order valence-corrected chi connectivity index (χ3v) is 5.68. The molecule has 0 saturated carbocycles. The van der Waals surface area contributed by atoms with Crippen LogP contribution in [0.4, 0.5) is 0 Å². The lowest BCUT2D eigenvalue weighted by Gasteiger charge is -2.45. The highest BCUT2D eigenvalue weighted by Gasteiger charge is 2.50. The SMILES string of the molecule is CC(C)(C)C1OC(C(=O)O)C(O)C(O)C1O.CCC1OC(C(C)(C)C)C(O)C(O)C1O. The highest BCUT2D eigenvalue weighted by molar-refractivity contribution is 5.73. The lowest BCUT2D eigenvalue weighted by atomic mass is 9.80. The van der Waals surface area contributed by atoms with Crippen LogP contribution < -0.4 is 0 Å². The zero-order chi connectivity index (χ0) is 24.5. The molecule has 0 aromatic heterocycles. The standard InChI is InChI=1S/C11H22O4.C10H18O6/c1-5-6-7(12)8(13)9(14)10(15-6)11(2,3)4;1-10(2,3)8-6(13)4(11)5(12)7(16-8)9(14)15/h6-10,12-14H,5H2,1-4H3;4-8,11-13H,1-3H3,(H,14,15). The van der Waals surface area contributed by atoms with Crippen LogP contribution in [0.3, 0.4) is 0 Å². The largest absolute Gasteiger partial charge is 0.479 e. The molecule has 10 nitrogen and oxygen atoms in total. The van der Waals surface area contributed by atoms with Crippen LogP contribution in [-0.4, -0.2) is 103 Å². The van der Waals surface area contributed by atoms with Gasteiger partial charge in [0.15, 0.2) is 6.10 Å². The molecule has 184 valence electrons. The third kappa shape index (κ3) is 6.58. The van der Waals surface area contributed by atoms with E-state index in [0.717, 1.165) is 0 Å². The maximum absolute atomic E-state index is 10.8. The molecular formula is C21H40O10. The number of carboxylic acid groups (broad SMARTS) is 1. The number of carbonyl (C=O) groups is 1. The third-order valence-electron chi connectivity index (χ3n) is 5.68. The summed E-state index contributed by atoms with van der Waals surface area (Å²) >= 11 is 0. The van der Waals surface area contributed by atoms with Gasteiger partial charge in [0.1, 0.15) is 36.6 Å². The smallest absolute Gasteiger partial charge is 0.335 e. The Morgan fingerprint density at radius 1 is 0.677 bits per heavy atom. The number of rotatable bonds is 2. The fourth-order valence-corrected chi connectivity index (χ4v) is 3.80. The molecular weight excluding hydrogens is 412 g/mol. The van der Waals surface area contributed by atoms with Crippen molar-refractivity contribution < 1.29 is 50.0 Å². The molecule has 0 radical (unpaired) electrons. The monoisotopic (exact) mass is 452 g/mol. The Balaban J connectivity index is 0.000000311. The molecule has 0 aromatic carbocycles. The normalized spacial score (nSPS) is 41.8. The van der Waals surface area contributed by atoms with E-state index in [1.807, 2.05) is 27.7 Å². The summed E-state index contributed by atoms with van der Waals surface area (Å²) in [6.45, 7) is 13.0. The van der Waals surface area contributed by atoms with Gasteiger partial charge in [0.05, 0.1) is 18.3 Å². The molecule has 0 bridgehead atoms. The Hall–Kier alpha value is -0.850. The molecule has 10 heteroatoms. The number of carboxylic acids is 1. The average Bonchev–Trinajstić information content (AvgIpc) is 2.62. The Morgan fingerprint density at radius 3 is 1.42 bits per heavy atom. The Kier molecular flexibility index (Phi) is 9.45. The topological polar surface area (TPSA) is 177 Å². The number of hydrogen-bond acceptors (Lipinski definition) is 9. The van der Waals surface area contributed by atoms with E-state index in [0.29, 0.717) is 6.42 Å². The molecule has 31 heavy (non-hydrogen) atoms. The number of aliphatic hydroxyl groups is 6. The first kappa shape index (κ1) is 28.2. The molecule has 2 aliphatic heterocycles. The van der Waals surface area contributed by atoms with Gasteiger partial charge in [0.2, 0.25) is 0 Å². The summed E-state index contributed by atoms with van der Waals surface area (Å²) in [4.78, 5) is 10.8. The van der Waals surface area contributed by atoms with Crippen LogP contribution in [0.2, 0.25) is 0 Å². The summed E-state index contributed by atoms with van der Waals surface area (Å²) in [6.07, 6.45) is -10.1. The summed E-state index contributed by atoms with van der Waals surface area (Å²) in [5.74, 6) is -1.35.